The van der Waals surface area contributed by atoms with Gasteiger partial charge in [0.25, 0.3) is 0 Å². The number of carbonyl (C=O) groups is 1. The summed E-state index contributed by atoms with van der Waals surface area (Å²) in [6.07, 6.45) is -3.84. The van der Waals surface area contributed by atoms with E-state index in [-0.39, 0.29) is 18.1 Å². The molecule has 0 saturated carbocycles. The van der Waals surface area contributed by atoms with Crippen LogP contribution in [0.25, 0.3) is 11.1 Å². The maximum Gasteiger partial charge on any atom is 0.389 e. The van der Waals surface area contributed by atoms with Gasteiger partial charge in [-0.05, 0) is 73.6 Å². The fourth-order valence-electron chi connectivity index (χ4n) is 5.68. The summed E-state index contributed by atoms with van der Waals surface area (Å²) in [6.45, 7) is 8.84. The Bertz CT molecular complexity index is 1200. The Labute approximate surface area is 227 Å². The van der Waals surface area contributed by atoms with Gasteiger partial charge in [0, 0.05) is 56.9 Å². The minimum Gasteiger partial charge on any atom is -0.378 e. The number of likely N-dealkylation sites (tertiary alicyclic amines) is 1. The van der Waals surface area contributed by atoms with Crippen molar-refractivity contribution in [1.29, 1.82) is 0 Å². The van der Waals surface area contributed by atoms with Crippen molar-refractivity contribution in [2.75, 3.05) is 67.6 Å². The lowest BCUT2D eigenvalue weighted by molar-refractivity contribution is -0.143. The van der Waals surface area contributed by atoms with Crippen LogP contribution in [0.2, 0.25) is 0 Å². The van der Waals surface area contributed by atoms with Crippen molar-refractivity contribution in [2.45, 2.75) is 44.8 Å². The number of pyridine rings is 1. The number of carbonyl (C=O) groups excluding carboxylic acids is 1. The number of alkyl halides is 3. The lowest BCUT2D eigenvalue weighted by Crippen LogP contribution is -2.39. The van der Waals surface area contributed by atoms with Gasteiger partial charge in [-0.3, -0.25) is 0 Å². The fourth-order valence-corrected chi connectivity index (χ4v) is 5.68. The molecule has 2 aromatic rings. The van der Waals surface area contributed by atoms with Crippen LogP contribution in [0.5, 0.6) is 0 Å². The van der Waals surface area contributed by atoms with E-state index in [9.17, 15) is 18.0 Å². The number of nitrogens with two attached hydrogens (primary N) is 1. The van der Waals surface area contributed by atoms with Crippen molar-refractivity contribution < 1.29 is 22.7 Å². The first-order valence-corrected chi connectivity index (χ1v) is 13.6. The predicted molar refractivity (Wildman–Crippen MR) is 146 cm³/mol. The summed E-state index contributed by atoms with van der Waals surface area (Å²) < 4.78 is 43.9. The minimum absolute atomic E-state index is 0.108. The lowest BCUT2D eigenvalue weighted by atomic mass is 10.00. The Kier molecular flexibility index (Phi) is 7.65. The molecule has 2 atom stereocenters. The molecule has 3 N–H and O–H groups in total. The van der Waals surface area contributed by atoms with Crippen molar-refractivity contribution in [2.24, 2.45) is 11.7 Å². The van der Waals surface area contributed by atoms with E-state index in [1.807, 2.05) is 25.1 Å². The number of anilines is 3. The van der Waals surface area contributed by atoms with Gasteiger partial charge in [-0.2, -0.15) is 13.2 Å². The predicted octanol–water partition coefficient (Wildman–Crippen LogP) is 4.63. The molecule has 0 aliphatic carbocycles. The monoisotopic (exact) mass is 546 g/mol. The average molecular weight is 547 g/mol. The number of hydrogen-bond acceptors (Lipinski definition) is 6. The zero-order valence-electron chi connectivity index (χ0n) is 22.6. The third-order valence-electron chi connectivity index (χ3n) is 7.86. The Morgan fingerprint density at radius 2 is 1.85 bits per heavy atom. The molecular formula is C28H37F3N6O2. The number of nitrogens with zero attached hydrogens (tertiary/aromatic N) is 4. The molecule has 39 heavy (non-hydrogen) atoms. The molecule has 3 aliphatic rings. The number of urea groups is 1. The van der Waals surface area contributed by atoms with Gasteiger partial charge in [0.05, 0.1) is 13.2 Å². The van der Waals surface area contributed by atoms with Gasteiger partial charge < -0.3 is 30.5 Å². The zero-order chi connectivity index (χ0) is 27.8. The standard InChI is InChI=1S/C28H37F3N6O2/c1-19-3-4-22(33-26(38)36-7-5-20(17-36)16-28(29,30)31)15-23(19)21-13-24(35-9-11-39-12-10-35)34-25(14-21)37-8-6-27(2,32)18-37/h3-4,13-15,20H,5-12,16-18,32H2,1-2H3,(H,33,38)/t20-,27-/m0/s1. The van der Waals surface area contributed by atoms with Crippen LogP contribution in [0.3, 0.4) is 0 Å². The van der Waals surface area contributed by atoms with Crippen LogP contribution < -0.4 is 20.9 Å². The number of morpholine rings is 1. The molecule has 0 spiro atoms. The average Bonchev–Trinajstić information content (AvgIpc) is 3.50. The molecule has 3 fully saturated rings. The van der Waals surface area contributed by atoms with Crippen LogP contribution in [0.4, 0.5) is 35.3 Å². The topological polar surface area (TPSA) is 87.0 Å². The molecule has 4 heterocycles. The van der Waals surface area contributed by atoms with Gasteiger partial charge in [-0.15, -0.1) is 0 Å². The molecule has 8 nitrogen and oxygen atoms in total. The van der Waals surface area contributed by atoms with Gasteiger partial charge in [0.1, 0.15) is 11.6 Å². The Morgan fingerprint density at radius 3 is 2.51 bits per heavy atom. The quantitative estimate of drug-likeness (QED) is 0.569. The van der Waals surface area contributed by atoms with Crippen LogP contribution >= 0.6 is 0 Å². The number of rotatable bonds is 5. The summed E-state index contributed by atoms with van der Waals surface area (Å²) in [7, 11) is 0. The highest BCUT2D eigenvalue weighted by Crippen LogP contribution is 2.35. The van der Waals surface area contributed by atoms with Crippen LogP contribution in [0.1, 0.15) is 31.7 Å². The molecule has 11 heteroatoms. The Morgan fingerprint density at radius 1 is 1.13 bits per heavy atom. The van der Waals surface area contributed by atoms with Gasteiger partial charge in [0.15, 0.2) is 0 Å². The van der Waals surface area contributed by atoms with Gasteiger partial charge >= 0.3 is 12.2 Å². The smallest absolute Gasteiger partial charge is 0.378 e. The van der Waals surface area contributed by atoms with Crippen LogP contribution in [0, 0.1) is 12.8 Å². The summed E-state index contributed by atoms with van der Waals surface area (Å²) in [5.74, 6) is 1.18. The molecule has 5 rings (SSSR count). The zero-order valence-corrected chi connectivity index (χ0v) is 22.6. The number of aromatic nitrogens is 1. The second-order valence-corrected chi connectivity index (χ2v) is 11.4. The van der Waals surface area contributed by atoms with Crippen LogP contribution in [-0.2, 0) is 4.74 Å². The molecule has 3 saturated heterocycles. The maximum atomic E-state index is 12.9. The van der Waals surface area contributed by atoms with Crippen molar-refractivity contribution in [3.05, 3.63) is 35.9 Å². The third-order valence-corrected chi connectivity index (χ3v) is 7.86. The number of amides is 2. The minimum atomic E-state index is -4.22. The van der Waals surface area contributed by atoms with Gasteiger partial charge in [-0.25, -0.2) is 9.78 Å². The van der Waals surface area contributed by atoms with E-state index >= 15 is 0 Å². The first-order valence-electron chi connectivity index (χ1n) is 13.6. The van der Waals surface area contributed by atoms with Crippen molar-refractivity contribution in [3.8, 4) is 11.1 Å². The van der Waals surface area contributed by atoms with Crippen molar-refractivity contribution >= 4 is 23.4 Å². The van der Waals surface area contributed by atoms with Crippen LogP contribution in [-0.4, -0.2) is 80.1 Å². The number of nitrogens with one attached hydrogen (secondary N) is 1. The number of halogens is 3. The largest absolute Gasteiger partial charge is 0.389 e. The second kappa shape index (κ2) is 10.8. The van der Waals surface area contributed by atoms with E-state index in [0.717, 1.165) is 54.4 Å². The van der Waals surface area contributed by atoms with Crippen molar-refractivity contribution in [3.63, 3.8) is 0 Å². The molecular weight excluding hydrogens is 509 g/mol. The lowest BCUT2D eigenvalue weighted by Gasteiger charge is -2.30. The summed E-state index contributed by atoms with van der Waals surface area (Å²) in [6, 6.07) is 9.46. The molecule has 212 valence electrons. The molecule has 1 aromatic carbocycles. The highest BCUT2D eigenvalue weighted by Gasteiger charge is 2.36. The van der Waals surface area contributed by atoms with E-state index < -0.39 is 18.5 Å². The number of hydrogen-bond donors (Lipinski definition) is 2. The third kappa shape index (κ3) is 6.75. The van der Waals surface area contributed by atoms with E-state index in [2.05, 4.69) is 34.2 Å². The number of benzene rings is 1. The Hall–Kier alpha value is -3.05. The summed E-state index contributed by atoms with van der Waals surface area (Å²) in [5.41, 5.74) is 9.72. The molecule has 2 amide bonds. The first kappa shape index (κ1) is 27.5. The number of aryl methyl sites for hydroxylation is 1. The van der Waals surface area contributed by atoms with E-state index in [1.54, 1.807) is 0 Å². The second-order valence-electron chi connectivity index (χ2n) is 11.4. The van der Waals surface area contributed by atoms with E-state index in [1.165, 1.54) is 4.90 Å². The highest BCUT2D eigenvalue weighted by atomic mass is 19.4. The van der Waals surface area contributed by atoms with Crippen molar-refractivity contribution in [1.82, 2.24) is 9.88 Å². The number of ether oxygens (including phenoxy) is 1. The highest BCUT2D eigenvalue weighted by molar-refractivity contribution is 5.91. The van der Waals surface area contributed by atoms with E-state index in [4.69, 9.17) is 15.5 Å². The summed E-state index contributed by atoms with van der Waals surface area (Å²) >= 11 is 0. The fraction of sp³-hybridized carbons (Fsp3) is 0.571. The molecule has 0 radical (unpaired) electrons. The van der Waals surface area contributed by atoms with Crippen LogP contribution in [0.15, 0.2) is 30.3 Å². The molecule has 0 unspecified atom stereocenters. The molecule has 1 aromatic heterocycles. The maximum absolute atomic E-state index is 12.9. The van der Waals surface area contributed by atoms with E-state index in [0.29, 0.717) is 38.4 Å². The first-order chi connectivity index (χ1) is 18.5. The SMILES string of the molecule is Cc1ccc(NC(=O)N2CC[C@@H](CC(F)(F)F)C2)cc1-c1cc(N2CCOCC2)nc(N2CC[C@](C)(N)C2)c1. The normalized spacial score (nSPS) is 23.9. The summed E-state index contributed by atoms with van der Waals surface area (Å²) in [5, 5.41) is 2.90. The van der Waals surface area contributed by atoms with Gasteiger partial charge in [-0.1, -0.05) is 6.07 Å². The molecule has 3 aliphatic heterocycles. The summed E-state index contributed by atoms with van der Waals surface area (Å²) in [4.78, 5) is 23.8. The Balaban J connectivity index is 1.39. The molecule has 0 bridgehead atoms. The van der Waals surface area contributed by atoms with Gasteiger partial charge in [0.2, 0.25) is 0 Å².